The van der Waals surface area contributed by atoms with Gasteiger partial charge in [-0.25, -0.2) is 4.98 Å². The number of hydrogen-bond donors (Lipinski definition) is 0. The summed E-state index contributed by atoms with van der Waals surface area (Å²) in [4.78, 5) is 4.91. The van der Waals surface area contributed by atoms with E-state index in [1.807, 2.05) is 0 Å². The monoisotopic (exact) mass is 384 g/mol. The number of imidazole rings is 1. The van der Waals surface area contributed by atoms with E-state index in [2.05, 4.69) is 91.2 Å². The first-order valence-corrected chi connectivity index (χ1v) is 10.4. The number of hydrogen-bond acceptors (Lipinski definition) is 2. The number of aryl methyl sites for hydroxylation is 3. The smallest absolute Gasteiger partial charge is 0.125 e. The predicted octanol–water partition coefficient (Wildman–Crippen LogP) is 6.10. The summed E-state index contributed by atoms with van der Waals surface area (Å²) in [7, 11) is 0. The molecule has 0 aliphatic rings. The van der Waals surface area contributed by atoms with Gasteiger partial charge in [0.15, 0.2) is 0 Å². The van der Waals surface area contributed by atoms with Gasteiger partial charge in [0.25, 0.3) is 0 Å². The summed E-state index contributed by atoms with van der Waals surface area (Å²) in [5.41, 5.74) is 5.99. The van der Waals surface area contributed by atoms with Gasteiger partial charge < -0.3 is 9.30 Å². The summed E-state index contributed by atoms with van der Waals surface area (Å²) in [6.07, 6.45) is 2.94. The maximum Gasteiger partial charge on any atom is 0.125 e. The van der Waals surface area contributed by atoms with Gasteiger partial charge in [-0.2, -0.15) is 0 Å². The van der Waals surface area contributed by atoms with E-state index < -0.39 is 0 Å². The molecule has 148 valence electrons. The molecule has 0 saturated carbocycles. The lowest BCUT2D eigenvalue weighted by atomic mass is 10.1. The van der Waals surface area contributed by atoms with Crippen molar-refractivity contribution in [3.05, 3.63) is 95.3 Å². The Morgan fingerprint density at radius 2 is 1.52 bits per heavy atom. The molecular formula is C26H28N2O. The van der Waals surface area contributed by atoms with Crippen molar-refractivity contribution in [3.8, 4) is 5.75 Å². The fraction of sp³-hybridized carbons (Fsp3) is 0.269. The molecule has 4 rings (SSSR count). The van der Waals surface area contributed by atoms with E-state index in [-0.39, 0.29) is 0 Å². The molecule has 0 amide bonds. The number of aromatic nitrogens is 2. The van der Waals surface area contributed by atoms with Crippen molar-refractivity contribution in [2.24, 2.45) is 0 Å². The average molecular weight is 385 g/mol. The maximum absolute atomic E-state index is 6.08. The number of ether oxygens (including phenoxy) is 1. The van der Waals surface area contributed by atoms with E-state index in [0.29, 0.717) is 0 Å². The number of rotatable bonds is 8. The molecule has 0 unspecified atom stereocenters. The van der Waals surface area contributed by atoms with E-state index in [0.717, 1.165) is 49.5 Å². The molecule has 0 saturated heterocycles. The molecular weight excluding hydrogens is 356 g/mol. The molecule has 3 heteroatoms. The highest BCUT2D eigenvalue weighted by Crippen LogP contribution is 2.23. The quantitative estimate of drug-likeness (QED) is 0.343. The summed E-state index contributed by atoms with van der Waals surface area (Å²) in [6, 6.07) is 25.3. The zero-order valence-corrected chi connectivity index (χ0v) is 17.3. The third-order valence-electron chi connectivity index (χ3n) is 5.37. The van der Waals surface area contributed by atoms with Crippen LogP contribution in [0.2, 0.25) is 0 Å². The van der Waals surface area contributed by atoms with E-state index in [1.54, 1.807) is 0 Å². The molecule has 0 aliphatic heterocycles. The third-order valence-corrected chi connectivity index (χ3v) is 5.37. The van der Waals surface area contributed by atoms with Gasteiger partial charge >= 0.3 is 0 Å². The molecule has 0 bridgehead atoms. The lowest BCUT2D eigenvalue weighted by Gasteiger charge is -2.13. The second-order valence-electron chi connectivity index (χ2n) is 7.61. The maximum atomic E-state index is 6.08. The molecule has 1 heterocycles. The Balaban J connectivity index is 1.42. The van der Waals surface area contributed by atoms with Crippen molar-refractivity contribution < 1.29 is 4.74 Å². The predicted molar refractivity (Wildman–Crippen MR) is 120 cm³/mol. The summed E-state index contributed by atoms with van der Waals surface area (Å²) in [5.74, 6) is 2.17. The molecule has 0 N–H and O–H groups in total. The van der Waals surface area contributed by atoms with Gasteiger partial charge in [-0.1, -0.05) is 60.7 Å². The number of para-hydroxylation sites is 3. The molecule has 3 nitrogen and oxygen atoms in total. The van der Waals surface area contributed by atoms with E-state index >= 15 is 0 Å². The minimum Gasteiger partial charge on any atom is -0.493 e. The lowest BCUT2D eigenvalue weighted by Crippen LogP contribution is -2.07. The largest absolute Gasteiger partial charge is 0.493 e. The molecule has 0 fully saturated rings. The summed E-state index contributed by atoms with van der Waals surface area (Å²) < 4.78 is 8.45. The molecule has 1 aromatic heterocycles. The van der Waals surface area contributed by atoms with Crippen LogP contribution in [0.3, 0.4) is 0 Å². The normalized spacial score (nSPS) is 11.1. The van der Waals surface area contributed by atoms with Gasteiger partial charge in [-0.15, -0.1) is 0 Å². The average Bonchev–Trinajstić information content (AvgIpc) is 3.07. The second-order valence-corrected chi connectivity index (χ2v) is 7.61. The zero-order chi connectivity index (χ0) is 20.1. The van der Waals surface area contributed by atoms with E-state index in [1.165, 1.54) is 22.2 Å². The van der Waals surface area contributed by atoms with Crippen molar-refractivity contribution in [3.63, 3.8) is 0 Å². The molecule has 4 aromatic rings. The van der Waals surface area contributed by atoms with E-state index in [9.17, 15) is 0 Å². The van der Waals surface area contributed by atoms with Gasteiger partial charge in [0.05, 0.1) is 17.6 Å². The second kappa shape index (κ2) is 8.95. The molecule has 0 aliphatic carbocycles. The van der Waals surface area contributed by atoms with Crippen molar-refractivity contribution in [2.45, 2.75) is 39.7 Å². The summed E-state index contributed by atoms with van der Waals surface area (Å²) in [6.45, 7) is 5.91. The number of benzene rings is 3. The Hall–Kier alpha value is -3.07. The fourth-order valence-corrected chi connectivity index (χ4v) is 3.86. The van der Waals surface area contributed by atoms with Crippen LogP contribution in [0.15, 0.2) is 72.8 Å². The van der Waals surface area contributed by atoms with Crippen molar-refractivity contribution in [1.29, 1.82) is 0 Å². The van der Waals surface area contributed by atoms with Gasteiger partial charge in [0, 0.05) is 13.0 Å². The van der Waals surface area contributed by atoms with Crippen LogP contribution in [0.4, 0.5) is 0 Å². The molecule has 0 radical (unpaired) electrons. The first-order valence-electron chi connectivity index (χ1n) is 10.4. The lowest BCUT2D eigenvalue weighted by molar-refractivity contribution is 0.299. The minimum atomic E-state index is 0.742. The Morgan fingerprint density at radius 3 is 2.31 bits per heavy atom. The third kappa shape index (κ3) is 4.51. The Morgan fingerprint density at radius 1 is 0.793 bits per heavy atom. The number of nitrogens with zero attached hydrogens (tertiary/aromatic N) is 2. The van der Waals surface area contributed by atoms with Gasteiger partial charge in [-0.05, 0) is 55.5 Å². The van der Waals surface area contributed by atoms with Crippen molar-refractivity contribution in [2.75, 3.05) is 6.61 Å². The van der Waals surface area contributed by atoms with Gasteiger partial charge in [0.1, 0.15) is 11.6 Å². The van der Waals surface area contributed by atoms with Crippen LogP contribution < -0.4 is 4.74 Å². The topological polar surface area (TPSA) is 27.1 Å². The summed E-state index contributed by atoms with van der Waals surface area (Å²) in [5, 5.41) is 0. The summed E-state index contributed by atoms with van der Waals surface area (Å²) >= 11 is 0. The minimum absolute atomic E-state index is 0.742. The van der Waals surface area contributed by atoms with Crippen LogP contribution in [-0.2, 0) is 13.0 Å². The Kier molecular flexibility index (Phi) is 5.95. The van der Waals surface area contributed by atoms with E-state index in [4.69, 9.17) is 9.72 Å². The van der Waals surface area contributed by atoms with Crippen molar-refractivity contribution >= 4 is 11.0 Å². The first kappa shape index (κ1) is 19.3. The highest BCUT2D eigenvalue weighted by atomic mass is 16.5. The van der Waals surface area contributed by atoms with Gasteiger partial charge in [-0.3, -0.25) is 0 Å². The molecule has 0 atom stereocenters. The standard InChI is InChI=1S/C26H28N2O/c1-20-11-10-12-21(2)26(20)29-18-9-8-17-28-24-16-7-6-15-23(24)27-25(28)19-22-13-4-3-5-14-22/h3-7,10-16H,8-9,17-19H2,1-2H3. The molecule has 3 aromatic carbocycles. The number of unbranched alkanes of at least 4 members (excludes halogenated alkanes) is 1. The van der Waals surface area contributed by atoms with Crippen LogP contribution in [0.25, 0.3) is 11.0 Å². The Labute approximate surface area is 173 Å². The van der Waals surface area contributed by atoms with Gasteiger partial charge in [0.2, 0.25) is 0 Å². The zero-order valence-electron chi connectivity index (χ0n) is 17.3. The van der Waals surface area contributed by atoms with Crippen LogP contribution in [0, 0.1) is 13.8 Å². The fourth-order valence-electron chi connectivity index (χ4n) is 3.86. The Bertz CT molecular complexity index is 1060. The highest BCUT2D eigenvalue weighted by Gasteiger charge is 2.11. The number of fused-ring (bicyclic) bond motifs is 1. The van der Waals surface area contributed by atoms with Crippen LogP contribution in [0.1, 0.15) is 35.4 Å². The van der Waals surface area contributed by atoms with Crippen LogP contribution in [-0.4, -0.2) is 16.2 Å². The molecule has 0 spiro atoms. The highest BCUT2D eigenvalue weighted by molar-refractivity contribution is 5.76. The van der Waals surface area contributed by atoms with Crippen LogP contribution >= 0.6 is 0 Å². The SMILES string of the molecule is Cc1cccc(C)c1OCCCCn1c(Cc2ccccc2)nc2ccccc21. The molecule has 29 heavy (non-hydrogen) atoms. The first-order chi connectivity index (χ1) is 14.2. The van der Waals surface area contributed by atoms with Crippen molar-refractivity contribution in [1.82, 2.24) is 9.55 Å². The van der Waals surface area contributed by atoms with Crippen LogP contribution in [0.5, 0.6) is 5.75 Å².